The lowest BCUT2D eigenvalue weighted by atomic mass is 10.0. The van der Waals surface area contributed by atoms with Crippen LogP contribution >= 0.6 is 0 Å². The summed E-state index contributed by atoms with van der Waals surface area (Å²) in [6.07, 6.45) is 3.22. The first-order valence-electron chi connectivity index (χ1n) is 35.8. The molecular formula is C74H92F2N14O19S2. The maximum Gasteiger partial charge on any atom is 0.319 e. The molecular weight excluding hydrogens is 1490 g/mol. The summed E-state index contributed by atoms with van der Waals surface area (Å²) in [6.45, 7) is 8.25. The number of carbonyl (C=O) groups is 9. The second-order valence-corrected chi connectivity index (χ2v) is 30.5. The molecule has 1 fully saturated rings. The fourth-order valence-corrected chi connectivity index (χ4v) is 14.1. The summed E-state index contributed by atoms with van der Waals surface area (Å²) in [5.74, 6) is -7.41. The van der Waals surface area contributed by atoms with Crippen molar-refractivity contribution in [3.05, 3.63) is 138 Å². The van der Waals surface area contributed by atoms with Crippen molar-refractivity contribution in [2.24, 2.45) is 10.3 Å². The Morgan fingerprint density at radius 3 is 2.06 bits per heavy atom. The largest absolute Gasteiger partial charge is 0.493 e. The number of urea groups is 3. The lowest BCUT2D eigenvalue weighted by Gasteiger charge is -2.29. The van der Waals surface area contributed by atoms with Crippen molar-refractivity contribution in [3.63, 3.8) is 0 Å². The number of likely N-dealkylation sites (tertiary alicyclic amines) is 1. The zero-order chi connectivity index (χ0) is 80.2. The lowest BCUT2D eigenvalue weighted by molar-refractivity contribution is -0.146. The van der Waals surface area contributed by atoms with E-state index in [1.165, 1.54) is 103 Å². The highest BCUT2D eigenvalue weighted by Gasteiger charge is 2.40. The number of amides is 10. The molecule has 1 saturated heterocycles. The van der Waals surface area contributed by atoms with Crippen LogP contribution in [0.5, 0.6) is 11.6 Å². The first kappa shape index (κ1) is 85.5. The van der Waals surface area contributed by atoms with E-state index in [4.69, 9.17) is 23.7 Å². The highest BCUT2D eigenvalue weighted by atomic mass is 32.2. The Morgan fingerprint density at radius 1 is 0.694 bits per heavy atom. The number of fused-ring (bicyclic) bond motifs is 6. The third kappa shape index (κ3) is 27.7. The fraction of sp³-hybridized carbons (Fsp3) is 0.419. The van der Waals surface area contributed by atoms with Gasteiger partial charge in [-0.2, -0.15) is 9.35 Å². The molecule has 598 valence electrons. The molecule has 2 aliphatic rings. The zero-order valence-corrected chi connectivity index (χ0v) is 63.4. The van der Waals surface area contributed by atoms with Crippen LogP contribution in [-0.4, -0.2) is 188 Å². The number of benzene rings is 4. The number of carboxylic acid groups (broad SMARTS) is 2. The molecule has 0 saturated carbocycles. The van der Waals surface area contributed by atoms with E-state index in [0.717, 1.165) is 11.1 Å². The zero-order valence-electron chi connectivity index (χ0n) is 61.8. The molecule has 0 unspecified atom stereocenters. The number of rotatable bonds is 34. The standard InChI is InChI=1S/C74H92F2N14O19S2/c1-6-25-77-72(99)82-52-14-10-16-54(39-52)111(103,104)88-53-15-9-13-48(37-53)58(41-66(92)93)84-74(101)81-51-21-19-50(20-22-51)80-73(100)78-26-30-106-32-34-107-33-31-105-29-24-64(91)83-59(42-67(94)95)71(98)90-27-11-17-60(90)69(96)87-68(45(2)3)70(97)89-110(5,102)44-47-35-63-85-62-40-56(57(76)43-79-62)55-23-18-49(75)38-61(55)108-28-8-7-12-46(4)109-65(36-47)86-63/h9-10,13-16,18-23,35-40,43,45-46,58-60,68,88H,6-8,11-12,17,24-34,41-42,44H2,1-5H3,(H,83,91)(H,87,96)(H,92,93)(H,94,95)(H2,77,82,99)(H2,78,80,100)(H,79,85,86)(H2,81,84,101)/t46-,58-,59+,60+,68+,110-/m1/s1. The van der Waals surface area contributed by atoms with E-state index >= 15 is 4.39 Å². The number of anilines is 6. The number of aromatic nitrogens is 2. The Labute approximate surface area is 640 Å². The van der Waals surface area contributed by atoms with Crippen LogP contribution in [0.4, 0.5) is 57.5 Å². The van der Waals surface area contributed by atoms with Gasteiger partial charge in [-0.25, -0.2) is 40.8 Å². The molecule has 2 aliphatic heterocycles. The Morgan fingerprint density at radius 2 is 1.36 bits per heavy atom. The van der Waals surface area contributed by atoms with Gasteiger partial charge in [0.2, 0.25) is 23.6 Å². The predicted molar refractivity (Wildman–Crippen MR) is 406 cm³/mol. The van der Waals surface area contributed by atoms with E-state index < -0.39 is 128 Å². The number of carbonyl (C=O) groups excluding carboxylic acids is 7. The van der Waals surface area contributed by atoms with Crippen LogP contribution in [0.2, 0.25) is 0 Å². The third-order valence-corrected chi connectivity index (χ3v) is 19.7. The predicted octanol–water partition coefficient (Wildman–Crippen LogP) is 8.64. The van der Waals surface area contributed by atoms with Gasteiger partial charge < -0.3 is 86.6 Å². The summed E-state index contributed by atoms with van der Waals surface area (Å²) in [5.41, 5.74) is 1.99. The van der Waals surface area contributed by atoms with Gasteiger partial charge in [0.1, 0.15) is 47.1 Å². The fourth-order valence-electron chi connectivity index (χ4n) is 11.6. The highest BCUT2D eigenvalue weighted by Crippen LogP contribution is 2.36. The van der Waals surface area contributed by atoms with Crippen molar-refractivity contribution < 1.29 is 98.5 Å². The number of halogens is 2. The normalized spacial score (nSPS) is 15.5. The summed E-state index contributed by atoms with van der Waals surface area (Å²) in [4.78, 5) is 127. The average Bonchev–Trinajstić information content (AvgIpc) is 1.35. The lowest BCUT2D eigenvalue weighted by Crippen LogP contribution is -2.56. The second kappa shape index (κ2) is 41.6. The van der Waals surface area contributed by atoms with E-state index in [1.807, 2.05) is 13.8 Å². The Balaban J connectivity index is 0.719. The van der Waals surface area contributed by atoms with Crippen molar-refractivity contribution in [2.45, 2.75) is 126 Å². The van der Waals surface area contributed by atoms with E-state index in [-0.39, 0.29) is 140 Å². The highest BCUT2D eigenvalue weighted by molar-refractivity contribution is 7.93. The van der Waals surface area contributed by atoms with Gasteiger partial charge >= 0.3 is 30.0 Å². The summed E-state index contributed by atoms with van der Waals surface area (Å²) in [7, 11) is -7.62. The van der Waals surface area contributed by atoms with Crippen LogP contribution in [0.3, 0.4) is 0 Å². The second-order valence-electron chi connectivity index (χ2n) is 26.4. The average molecular weight is 1580 g/mol. The number of sulfonamides is 1. The monoisotopic (exact) mass is 1580 g/mol. The van der Waals surface area contributed by atoms with Gasteiger partial charge in [0.15, 0.2) is 0 Å². The Hall–Kier alpha value is -11.2. The number of nitrogens with zero attached hydrogens (tertiary/aromatic N) is 4. The van der Waals surface area contributed by atoms with Crippen LogP contribution in [0.15, 0.2) is 125 Å². The SMILES string of the molecule is CCCNC(=O)Nc1cccc(S(=O)(=O)Nc2cccc([C@@H](CC(=O)O)NC(=O)Nc3ccc(NC(=O)NCCOCCOCCOCCC(=O)N[C@@H](CC(=O)O)C(=O)N4CCC[C@H]4C(=O)N[C@H](C(=O)N=[S@](C)(=O)Cc4cc5nc(c4)O[C@H](C)CCCCOc4cc(F)ccc4-c4cc(ncc4F)N5)C(C)C)cc3)c2)c1. The van der Waals surface area contributed by atoms with Gasteiger partial charge in [0.25, 0.3) is 15.9 Å². The van der Waals surface area contributed by atoms with Crippen LogP contribution in [0.1, 0.15) is 103 Å². The van der Waals surface area contributed by atoms with Gasteiger partial charge in [0, 0.05) is 78.3 Å². The van der Waals surface area contributed by atoms with Crippen molar-refractivity contribution >= 4 is 108 Å². The van der Waals surface area contributed by atoms with Crippen LogP contribution in [0, 0.1) is 17.6 Å². The number of hydrogen-bond donors (Lipinski definition) is 12. The Bertz CT molecular complexity index is 4540. The molecule has 0 aliphatic carbocycles. The summed E-state index contributed by atoms with van der Waals surface area (Å²) < 4.78 is 106. The smallest absolute Gasteiger partial charge is 0.319 e. The van der Waals surface area contributed by atoms with Gasteiger partial charge in [-0.1, -0.05) is 39.0 Å². The number of pyridine rings is 2. The molecule has 33 nitrogen and oxygen atoms in total. The third-order valence-electron chi connectivity index (χ3n) is 16.9. The van der Waals surface area contributed by atoms with Crippen molar-refractivity contribution in [3.8, 4) is 22.8 Å². The summed E-state index contributed by atoms with van der Waals surface area (Å²) in [5, 5.41) is 43.3. The van der Waals surface area contributed by atoms with Gasteiger partial charge in [-0.15, -0.1) is 0 Å². The quantitative estimate of drug-likeness (QED) is 0.0168. The minimum absolute atomic E-state index is 0.0323. The van der Waals surface area contributed by atoms with E-state index in [9.17, 15) is 70.4 Å². The number of nitrogens with one attached hydrogen (secondary N) is 10. The van der Waals surface area contributed by atoms with Crippen molar-refractivity contribution in [1.82, 2.24) is 41.5 Å². The molecule has 111 heavy (non-hydrogen) atoms. The molecule has 0 radical (unpaired) electrons. The van der Waals surface area contributed by atoms with E-state index in [2.05, 4.69) is 66.9 Å². The number of ether oxygens (including phenoxy) is 5. The van der Waals surface area contributed by atoms with Crippen LogP contribution in [0.25, 0.3) is 11.1 Å². The minimum atomic E-state index is -4.19. The maximum atomic E-state index is 15.4. The molecule has 4 heterocycles. The van der Waals surface area contributed by atoms with Crippen LogP contribution in [-0.2, 0) is 68.5 Å². The van der Waals surface area contributed by atoms with E-state index in [0.29, 0.717) is 55.5 Å². The molecule has 6 aromatic rings. The molecule has 12 N–H and O–H groups in total. The van der Waals surface area contributed by atoms with Gasteiger partial charge in [0.05, 0.1) is 97.8 Å². The van der Waals surface area contributed by atoms with E-state index in [1.54, 1.807) is 26.0 Å². The molecule has 4 bridgehead atoms. The number of hydrogen-bond acceptors (Lipinski definition) is 20. The molecule has 8 rings (SSSR count). The molecule has 0 spiro atoms. The Kier molecular flexibility index (Phi) is 32.0. The molecule has 10 amide bonds. The van der Waals surface area contributed by atoms with Crippen molar-refractivity contribution in [2.75, 3.05) is 98.1 Å². The molecule has 6 atom stereocenters. The summed E-state index contributed by atoms with van der Waals surface area (Å²) in [6, 6.07) is 18.8. The van der Waals surface area contributed by atoms with Gasteiger partial charge in [-0.3, -0.25) is 33.5 Å². The first-order chi connectivity index (χ1) is 53.0. The van der Waals surface area contributed by atoms with Gasteiger partial charge in [-0.05, 0) is 141 Å². The first-order valence-corrected chi connectivity index (χ1v) is 39.4. The molecule has 37 heteroatoms. The maximum absolute atomic E-state index is 15.4. The molecule has 2 aromatic heterocycles. The number of aliphatic carboxylic acids is 2. The molecule has 4 aromatic carbocycles. The number of carboxylic acids is 2. The van der Waals surface area contributed by atoms with Crippen molar-refractivity contribution in [1.29, 1.82) is 0 Å². The van der Waals surface area contributed by atoms with Crippen LogP contribution < -0.4 is 62.0 Å². The summed E-state index contributed by atoms with van der Waals surface area (Å²) >= 11 is 0. The minimum Gasteiger partial charge on any atom is -0.493 e. The topological polar surface area (TPSA) is 453 Å².